The Morgan fingerprint density at radius 3 is 2.37 bits per heavy atom. The van der Waals surface area contributed by atoms with E-state index in [0.717, 1.165) is 0 Å². The molecular formula is C19H20N4O4. The predicted octanol–water partition coefficient (Wildman–Crippen LogP) is 1.76. The molecular weight excluding hydrogens is 348 g/mol. The molecule has 27 heavy (non-hydrogen) atoms. The molecule has 0 saturated carbocycles. The van der Waals surface area contributed by atoms with Crippen LogP contribution in [0.4, 0.5) is 11.4 Å². The monoisotopic (exact) mass is 368 g/mol. The van der Waals surface area contributed by atoms with E-state index in [9.17, 15) is 14.4 Å². The number of rotatable bonds is 4. The van der Waals surface area contributed by atoms with E-state index in [1.54, 1.807) is 29.2 Å². The second-order valence-electron chi connectivity index (χ2n) is 6.08. The summed E-state index contributed by atoms with van der Waals surface area (Å²) in [6.07, 6.45) is 2.86. The Hall–Kier alpha value is -3.26. The SMILES string of the molecule is CC(=O)Nc1cccc(NC(=O)c2cncc(C(=O)N3CCOCC3)c2)c1. The van der Waals surface area contributed by atoms with Crippen LogP contribution in [0.25, 0.3) is 0 Å². The maximum absolute atomic E-state index is 12.5. The van der Waals surface area contributed by atoms with E-state index in [-0.39, 0.29) is 23.3 Å². The number of nitrogens with one attached hydrogen (secondary N) is 2. The molecule has 0 bridgehead atoms. The second kappa shape index (κ2) is 8.41. The van der Waals surface area contributed by atoms with Crippen molar-refractivity contribution in [1.29, 1.82) is 0 Å². The summed E-state index contributed by atoms with van der Waals surface area (Å²) in [6.45, 7) is 3.46. The summed E-state index contributed by atoms with van der Waals surface area (Å²) in [5, 5.41) is 5.40. The van der Waals surface area contributed by atoms with Crippen LogP contribution in [0.1, 0.15) is 27.6 Å². The van der Waals surface area contributed by atoms with Crippen molar-refractivity contribution in [2.75, 3.05) is 36.9 Å². The molecule has 2 aromatic rings. The Morgan fingerprint density at radius 1 is 1.00 bits per heavy atom. The molecule has 0 atom stereocenters. The van der Waals surface area contributed by atoms with Crippen LogP contribution in [-0.2, 0) is 9.53 Å². The van der Waals surface area contributed by atoms with Gasteiger partial charge in [0.2, 0.25) is 5.91 Å². The number of amides is 3. The van der Waals surface area contributed by atoms with Crippen molar-refractivity contribution < 1.29 is 19.1 Å². The summed E-state index contributed by atoms with van der Waals surface area (Å²) in [7, 11) is 0. The molecule has 0 unspecified atom stereocenters. The van der Waals surface area contributed by atoms with E-state index in [1.807, 2.05) is 0 Å². The Balaban J connectivity index is 1.72. The van der Waals surface area contributed by atoms with Gasteiger partial charge in [-0.2, -0.15) is 0 Å². The smallest absolute Gasteiger partial charge is 0.257 e. The van der Waals surface area contributed by atoms with Gasteiger partial charge in [-0.1, -0.05) is 6.07 Å². The number of carbonyl (C=O) groups is 3. The number of morpholine rings is 1. The first-order valence-corrected chi connectivity index (χ1v) is 8.54. The van der Waals surface area contributed by atoms with Gasteiger partial charge in [0, 0.05) is 43.8 Å². The number of benzene rings is 1. The minimum absolute atomic E-state index is 0.173. The summed E-state index contributed by atoms with van der Waals surface area (Å²) in [5.74, 6) is -0.760. The average Bonchev–Trinajstić information content (AvgIpc) is 2.68. The van der Waals surface area contributed by atoms with Crippen molar-refractivity contribution in [1.82, 2.24) is 9.88 Å². The lowest BCUT2D eigenvalue weighted by atomic mass is 10.1. The molecule has 2 heterocycles. The Kier molecular flexibility index (Phi) is 5.77. The molecule has 3 amide bonds. The third-order valence-corrected chi connectivity index (χ3v) is 3.99. The summed E-state index contributed by atoms with van der Waals surface area (Å²) in [6, 6.07) is 8.32. The molecule has 2 N–H and O–H groups in total. The number of pyridine rings is 1. The maximum atomic E-state index is 12.5. The van der Waals surface area contributed by atoms with E-state index in [0.29, 0.717) is 43.2 Å². The Morgan fingerprint density at radius 2 is 1.67 bits per heavy atom. The first-order chi connectivity index (χ1) is 13.0. The van der Waals surface area contributed by atoms with Gasteiger partial charge in [0.25, 0.3) is 11.8 Å². The van der Waals surface area contributed by atoms with Crippen LogP contribution >= 0.6 is 0 Å². The van der Waals surface area contributed by atoms with Crippen LogP contribution in [0.15, 0.2) is 42.7 Å². The van der Waals surface area contributed by atoms with E-state index < -0.39 is 0 Å². The molecule has 0 aliphatic carbocycles. The lowest BCUT2D eigenvalue weighted by molar-refractivity contribution is -0.114. The highest BCUT2D eigenvalue weighted by Gasteiger charge is 2.20. The molecule has 0 radical (unpaired) electrons. The number of hydrogen-bond donors (Lipinski definition) is 2. The van der Waals surface area contributed by atoms with Crippen molar-refractivity contribution in [2.45, 2.75) is 6.92 Å². The topological polar surface area (TPSA) is 101 Å². The highest BCUT2D eigenvalue weighted by atomic mass is 16.5. The summed E-state index contributed by atoms with van der Waals surface area (Å²) >= 11 is 0. The molecule has 1 fully saturated rings. The van der Waals surface area contributed by atoms with Gasteiger partial charge in [-0.05, 0) is 24.3 Å². The molecule has 8 nitrogen and oxygen atoms in total. The van der Waals surface area contributed by atoms with E-state index >= 15 is 0 Å². The molecule has 8 heteroatoms. The predicted molar refractivity (Wildman–Crippen MR) is 99.7 cm³/mol. The summed E-state index contributed by atoms with van der Waals surface area (Å²) < 4.78 is 5.25. The van der Waals surface area contributed by atoms with Gasteiger partial charge < -0.3 is 20.3 Å². The number of anilines is 2. The average molecular weight is 368 g/mol. The molecule has 1 aromatic heterocycles. The fourth-order valence-corrected chi connectivity index (χ4v) is 2.71. The highest BCUT2D eigenvalue weighted by molar-refractivity contribution is 6.06. The first kappa shape index (κ1) is 18.5. The van der Waals surface area contributed by atoms with Gasteiger partial charge in [-0.15, -0.1) is 0 Å². The summed E-state index contributed by atoms with van der Waals surface area (Å²) in [4.78, 5) is 41.9. The molecule has 0 spiro atoms. The van der Waals surface area contributed by atoms with Gasteiger partial charge in [0.05, 0.1) is 24.3 Å². The fraction of sp³-hybridized carbons (Fsp3) is 0.263. The van der Waals surface area contributed by atoms with Crippen molar-refractivity contribution in [3.63, 3.8) is 0 Å². The molecule has 140 valence electrons. The third-order valence-electron chi connectivity index (χ3n) is 3.99. The quantitative estimate of drug-likeness (QED) is 0.857. The van der Waals surface area contributed by atoms with Crippen LogP contribution in [-0.4, -0.2) is 53.9 Å². The molecule has 1 saturated heterocycles. The third kappa shape index (κ3) is 4.89. The number of carbonyl (C=O) groups excluding carboxylic acids is 3. The zero-order valence-electron chi connectivity index (χ0n) is 14.9. The maximum Gasteiger partial charge on any atom is 0.257 e. The van der Waals surface area contributed by atoms with Crippen molar-refractivity contribution in [3.8, 4) is 0 Å². The zero-order chi connectivity index (χ0) is 19.2. The highest BCUT2D eigenvalue weighted by Crippen LogP contribution is 2.16. The Bertz CT molecular complexity index is 862. The number of ether oxygens (including phenoxy) is 1. The van der Waals surface area contributed by atoms with E-state index in [2.05, 4.69) is 15.6 Å². The van der Waals surface area contributed by atoms with Crippen molar-refractivity contribution >= 4 is 29.1 Å². The van der Waals surface area contributed by atoms with Crippen molar-refractivity contribution in [3.05, 3.63) is 53.9 Å². The van der Waals surface area contributed by atoms with Gasteiger partial charge in [0.1, 0.15) is 0 Å². The van der Waals surface area contributed by atoms with E-state index in [1.165, 1.54) is 25.4 Å². The standard InChI is InChI=1S/C19H20N4O4/c1-13(24)21-16-3-2-4-17(10-16)22-18(25)14-9-15(12-20-11-14)19(26)23-5-7-27-8-6-23/h2-4,9-12H,5-8H2,1H3,(H,21,24)(H,22,25). The van der Waals surface area contributed by atoms with Gasteiger partial charge in [-0.25, -0.2) is 0 Å². The molecule has 1 aliphatic heterocycles. The van der Waals surface area contributed by atoms with Crippen LogP contribution in [0.3, 0.4) is 0 Å². The van der Waals surface area contributed by atoms with Crippen LogP contribution in [0.5, 0.6) is 0 Å². The largest absolute Gasteiger partial charge is 0.378 e. The van der Waals surface area contributed by atoms with Crippen molar-refractivity contribution in [2.24, 2.45) is 0 Å². The van der Waals surface area contributed by atoms with Crippen LogP contribution < -0.4 is 10.6 Å². The van der Waals surface area contributed by atoms with Crippen LogP contribution in [0.2, 0.25) is 0 Å². The normalized spacial score (nSPS) is 13.7. The lowest BCUT2D eigenvalue weighted by Gasteiger charge is -2.26. The van der Waals surface area contributed by atoms with Crippen LogP contribution in [0, 0.1) is 0 Å². The number of nitrogens with zero attached hydrogens (tertiary/aromatic N) is 2. The Labute approximate surface area is 156 Å². The number of hydrogen-bond acceptors (Lipinski definition) is 5. The van der Waals surface area contributed by atoms with Gasteiger partial charge in [-0.3, -0.25) is 19.4 Å². The second-order valence-corrected chi connectivity index (χ2v) is 6.08. The van der Waals surface area contributed by atoms with Gasteiger partial charge >= 0.3 is 0 Å². The lowest BCUT2D eigenvalue weighted by Crippen LogP contribution is -2.40. The molecule has 3 rings (SSSR count). The molecule has 1 aliphatic rings. The first-order valence-electron chi connectivity index (χ1n) is 8.54. The minimum atomic E-state index is -0.390. The number of aromatic nitrogens is 1. The summed E-state index contributed by atoms with van der Waals surface area (Å²) in [5.41, 5.74) is 1.74. The zero-order valence-corrected chi connectivity index (χ0v) is 14.9. The minimum Gasteiger partial charge on any atom is -0.378 e. The molecule has 1 aromatic carbocycles. The van der Waals surface area contributed by atoms with E-state index in [4.69, 9.17) is 4.74 Å². The van der Waals surface area contributed by atoms with Gasteiger partial charge in [0.15, 0.2) is 0 Å². The fourth-order valence-electron chi connectivity index (χ4n) is 2.71.